The first-order chi connectivity index (χ1) is 16.2. The number of hydrogen-bond acceptors (Lipinski definition) is 8. The van der Waals surface area contributed by atoms with Crippen molar-refractivity contribution in [1.29, 1.82) is 0 Å². The molecule has 4 aromatic rings. The fourth-order valence-corrected chi connectivity index (χ4v) is 4.23. The van der Waals surface area contributed by atoms with E-state index in [1.807, 2.05) is 12.1 Å². The molecule has 11 heteroatoms. The second kappa shape index (κ2) is 9.52. The largest absolute Gasteiger partial charge is 0.379 e. The molecule has 0 unspecified atom stereocenters. The van der Waals surface area contributed by atoms with Crippen LogP contribution in [-0.4, -0.2) is 74.2 Å². The number of aromatic nitrogens is 6. The van der Waals surface area contributed by atoms with E-state index in [-0.39, 0.29) is 17.7 Å². The molecule has 1 aliphatic heterocycles. The summed E-state index contributed by atoms with van der Waals surface area (Å²) in [6.07, 6.45) is 2.40. The molecular weight excluding hydrogens is 446 g/mol. The number of halogens is 1. The lowest BCUT2D eigenvalue weighted by atomic mass is 10.1. The zero-order valence-electron chi connectivity index (χ0n) is 18.3. The molecule has 0 radical (unpaired) electrons. The summed E-state index contributed by atoms with van der Waals surface area (Å²) in [5.74, 6) is 0. The van der Waals surface area contributed by atoms with E-state index in [4.69, 9.17) is 21.1 Å². The molecule has 0 saturated carbocycles. The summed E-state index contributed by atoms with van der Waals surface area (Å²) in [4.78, 5) is 19.9. The zero-order chi connectivity index (χ0) is 22.8. The van der Waals surface area contributed by atoms with Crippen LogP contribution in [0.25, 0.3) is 27.9 Å². The Morgan fingerprint density at radius 3 is 2.64 bits per heavy atom. The fourth-order valence-electron chi connectivity index (χ4n) is 4.10. The Kier molecular flexibility index (Phi) is 6.32. The minimum atomic E-state index is -0.229. The van der Waals surface area contributed by atoms with Gasteiger partial charge in [0, 0.05) is 38.3 Å². The van der Waals surface area contributed by atoms with Gasteiger partial charge in [-0.1, -0.05) is 23.7 Å². The summed E-state index contributed by atoms with van der Waals surface area (Å²) in [5, 5.41) is 13.9. The highest BCUT2D eigenvalue weighted by Gasteiger charge is 2.20. The van der Waals surface area contributed by atoms with Crippen molar-refractivity contribution in [3.05, 3.63) is 51.7 Å². The van der Waals surface area contributed by atoms with E-state index in [9.17, 15) is 4.79 Å². The number of methoxy groups -OCH3 is 1. The van der Waals surface area contributed by atoms with Crippen LogP contribution in [0.2, 0.25) is 5.02 Å². The number of benzene rings is 1. The standard InChI is InChI=1S/C22H24ClN7O3/c1-32-13-17-18(15-3-5-16(23)6-4-15)20-26-25-19-21(30(20)27-17)24-14-29(22(19)31)8-2-7-28-9-11-33-12-10-28/h3-6,14H,2,7-13H2,1H3. The summed E-state index contributed by atoms with van der Waals surface area (Å²) < 4.78 is 13.9. The van der Waals surface area contributed by atoms with E-state index in [0.29, 0.717) is 28.6 Å². The molecular formula is C22H24ClN7O3. The van der Waals surface area contributed by atoms with Gasteiger partial charge in [-0.15, -0.1) is 10.2 Å². The summed E-state index contributed by atoms with van der Waals surface area (Å²) in [5.41, 5.74) is 3.17. The molecule has 10 nitrogen and oxygen atoms in total. The maximum atomic E-state index is 13.1. The molecule has 33 heavy (non-hydrogen) atoms. The van der Waals surface area contributed by atoms with Crippen LogP contribution in [0, 0.1) is 0 Å². The van der Waals surface area contributed by atoms with Gasteiger partial charge in [0.05, 0.1) is 31.1 Å². The molecule has 0 amide bonds. The first-order valence-corrected chi connectivity index (χ1v) is 11.2. The maximum Gasteiger partial charge on any atom is 0.283 e. The first-order valence-electron chi connectivity index (χ1n) is 10.8. The molecule has 1 saturated heterocycles. The Labute approximate surface area is 194 Å². The Hall–Kier alpha value is -2.92. The van der Waals surface area contributed by atoms with E-state index in [1.54, 1.807) is 34.7 Å². The van der Waals surface area contributed by atoms with Gasteiger partial charge < -0.3 is 9.47 Å². The molecule has 0 atom stereocenters. The average molecular weight is 470 g/mol. The predicted octanol–water partition coefficient (Wildman–Crippen LogP) is 2.02. The van der Waals surface area contributed by atoms with Crippen molar-refractivity contribution in [3.8, 4) is 11.1 Å². The van der Waals surface area contributed by atoms with Crippen LogP contribution in [0.3, 0.4) is 0 Å². The summed E-state index contributed by atoms with van der Waals surface area (Å²) >= 11 is 6.05. The Morgan fingerprint density at radius 2 is 1.88 bits per heavy atom. The van der Waals surface area contributed by atoms with E-state index < -0.39 is 0 Å². The van der Waals surface area contributed by atoms with Gasteiger partial charge in [-0.2, -0.15) is 9.61 Å². The number of fused-ring (bicyclic) bond motifs is 3. The molecule has 1 aromatic carbocycles. The molecule has 3 aromatic heterocycles. The van der Waals surface area contributed by atoms with E-state index in [2.05, 4.69) is 25.2 Å². The van der Waals surface area contributed by atoms with Gasteiger partial charge in [-0.25, -0.2) is 4.98 Å². The maximum absolute atomic E-state index is 13.1. The van der Waals surface area contributed by atoms with E-state index in [0.717, 1.165) is 50.4 Å². The highest BCUT2D eigenvalue weighted by molar-refractivity contribution is 6.30. The minimum Gasteiger partial charge on any atom is -0.379 e. The van der Waals surface area contributed by atoms with Crippen molar-refractivity contribution < 1.29 is 9.47 Å². The molecule has 0 N–H and O–H groups in total. The Bertz CT molecular complexity index is 1330. The number of rotatable bonds is 7. The fraction of sp³-hybridized carbons (Fsp3) is 0.409. The molecule has 0 spiro atoms. The van der Waals surface area contributed by atoms with Crippen molar-refractivity contribution in [2.24, 2.45) is 0 Å². The molecule has 4 heterocycles. The van der Waals surface area contributed by atoms with Crippen LogP contribution < -0.4 is 5.56 Å². The SMILES string of the molecule is COCc1nn2c(nnc3c(=O)n(CCCN4CCOCC4)cnc32)c1-c1ccc(Cl)cc1. The van der Waals surface area contributed by atoms with Gasteiger partial charge >= 0.3 is 0 Å². The molecule has 1 aliphatic rings. The normalized spacial score (nSPS) is 15.0. The smallest absolute Gasteiger partial charge is 0.283 e. The third kappa shape index (κ3) is 4.34. The monoisotopic (exact) mass is 469 g/mol. The third-order valence-electron chi connectivity index (χ3n) is 5.76. The van der Waals surface area contributed by atoms with Crippen LogP contribution in [0.1, 0.15) is 12.1 Å². The summed E-state index contributed by atoms with van der Waals surface area (Å²) in [6.45, 7) is 5.11. The number of aryl methyl sites for hydroxylation is 1. The number of morpholine rings is 1. The van der Waals surface area contributed by atoms with Crippen LogP contribution in [0.5, 0.6) is 0 Å². The van der Waals surface area contributed by atoms with Crippen LogP contribution in [0.15, 0.2) is 35.4 Å². The van der Waals surface area contributed by atoms with Crippen molar-refractivity contribution in [2.75, 3.05) is 40.0 Å². The Morgan fingerprint density at radius 1 is 1.09 bits per heavy atom. The van der Waals surface area contributed by atoms with Gasteiger partial charge in [-0.3, -0.25) is 14.3 Å². The lowest BCUT2D eigenvalue weighted by Gasteiger charge is -2.26. The van der Waals surface area contributed by atoms with Gasteiger partial charge in [0.2, 0.25) is 0 Å². The number of nitrogens with zero attached hydrogens (tertiary/aromatic N) is 7. The topological polar surface area (TPSA) is 99.7 Å². The highest BCUT2D eigenvalue weighted by Crippen LogP contribution is 2.29. The first kappa shape index (κ1) is 21.9. The molecule has 5 rings (SSSR count). The predicted molar refractivity (Wildman–Crippen MR) is 123 cm³/mol. The van der Waals surface area contributed by atoms with Crippen LogP contribution >= 0.6 is 11.6 Å². The molecule has 0 bridgehead atoms. The van der Waals surface area contributed by atoms with Gasteiger partial charge in [0.25, 0.3) is 5.56 Å². The number of hydrogen-bond donors (Lipinski definition) is 0. The van der Waals surface area contributed by atoms with E-state index in [1.165, 1.54) is 0 Å². The quantitative estimate of drug-likeness (QED) is 0.405. The van der Waals surface area contributed by atoms with E-state index >= 15 is 0 Å². The second-order valence-corrected chi connectivity index (χ2v) is 8.36. The van der Waals surface area contributed by atoms with Crippen LogP contribution in [-0.2, 0) is 22.6 Å². The molecule has 1 fully saturated rings. The zero-order valence-corrected chi connectivity index (χ0v) is 19.0. The Balaban J connectivity index is 1.50. The minimum absolute atomic E-state index is 0.186. The molecule has 172 valence electrons. The van der Waals surface area contributed by atoms with Crippen molar-refractivity contribution in [1.82, 2.24) is 34.3 Å². The average Bonchev–Trinajstić information content (AvgIpc) is 3.20. The highest BCUT2D eigenvalue weighted by atomic mass is 35.5. The van der Waals surface area contributed by atoms with Crippen LogP contribution in [0.4, 0.5) is 0 Å². The lowest BCUT2D eigenvalue weighted by Crippen LogP contribution is -2.37. The van der Waals surface area contributed by atoms with Crippen molar-refractivity contribution >= 4 is 28.4 Å². The molecule has 0 aliphatic carbocycles. The van der Waals surface area contributed by atoms with Gasteiger partial charge in [-0.05, 0) is 24.1 Å². The third-order valence-corrected chi connectivity index (χ3v) is 6.02. The van der Waals surface area contributed by atoms with Crippen molar-refractivity contribution in [2.45, 2.75) is 19.6 Å². The summed E-state index contributed by atoms with van der Waals surface area (Å²) in [6, 6.07) is 7.40. The second-order valence-electron chi connectivity index (χ2n) is 7.92. The van der Waals surface area contributed by atoms with Gasteiger partial charge in [0.15, 0.2) is 16.8 Å². The number of ether oxygens (including phenoxy) is 2. The lowest BCUT2D eigenvalue weighted by molar-refractivity contribution is 0.0369. The summed E-state index contributed by atoms with van der Waals surface area (Å²) in [7, 11) is 1.60. The van der Waals surface area contributed by atoms with Gasteiger partial charge in [0.1, 0.15) is 6.33 Å². The van der Waals surface area contributed by atoms with Crippen molar-refractivity contribution in [3.63, 3.8) is 0 Å².